The van der Waals surface area contributed by atoms with E-state index in [1.165, 1.54) is 0 Å². The van der Waals surface area contributed by atoms with E-state index in [0.717, 1.165) is 30.5 Å². The van der Waals surface area contributed by atoms with Gasteiger partial charge in [-0.05, 0) is 44.7 Å². The van der Waals surface area contributed by atoms with Gasteiger partial charge in [0.15, 0.2) is 0 Å². The molecule has 1 heterocycles. The topological polar surface area (TPSA) is 29.5 Å². The molecule has 108 valence electrons. The zero-order valence-corrected chi connectivity index (χ0v) is 12.6. The number of carbonyl (C=O) groups is 1. The molecule has 1 aliphatic heterocycles. The second-order valence-corrected chi connectivity index (χ2v) is 6.16. The van der Waals surface area contributed by atoms with Crippen molar-refractivity contribution in [2.24, 2.45) is 0 Å². The first-order valence-electron chi connectivity index (χ1n) is 7.13. The summed E-state index contributed by atoms with van der Waals surface area (Å²) in [5.74, 6) is 0. The maximum absolute atomic E-state index is 12.3. The lowest BCUT2D eigenvalue weighted by atomic mass is 9.98. The van der Waals surface area contributed by atoms with Crippen molar-refractivity contribution in [1.82, 2.24) is 4.90 Å². The lowest BCUT2D eigenvalue weighted by Crippen LogP contribution is -2.36. The number of nitrogens with zero attached hydrogens (tertiary/aromatic N) is 1. The van der Waals surface area contributed by atoms with Crippen LogP contribution in [0.5, 0.6) is 0 Å². The molecule has 0 radical (unpaired) electrons. The molecule has 0 aliphatic carbocycles. The molecule has 3 heteroatoms. The van der Waals surface area contributed by atoms with Crippen molar-refractivity contribution in [3.8, 4) is 0 Å². The Morgan fingerprint density at radius 2 is 2.10 bits per heavy atom. The number of likely N-dealkylation sites (tertiary alicyclic amines) is 1. The van der Waals surface area contributed by atoms with Crippen molar-refractivity contribution in [1.29, 1.82) is 0 Å². The monoisotopic (exact) mass is 273 g/mol. The number of hydrogen-bond acceptors (Lipinski definition) is 2. The molecule has 1 atom stereocenters. The quantitative estimate of drug-likeness (QED) is 0.799. The van der Waals surface area contributed by atoms with Gasteiger partial charge < -0.3 is 9.64 Å². The van der Waals surface area contributed by atoms with Crippen LogP contribution in [0.25, 0.3) is 6.08 Å². The highest BCUT2D eigenvalue weighted by molar-refractivity contribution is 5.70. The zero-order chi connectivity index (χ0) is 14.8. The molecule has 1 aliphatic rings. The second kappa shape index (κ2) is 5.70. The molecule has 3 nitrogen and oxygen atoms in total. The first-order chi connectivity index (χ1) is 9.42. The number of carbonyl (C=O) groups excluding carboxylic acids is 1. The van der Waals surface area contributed by atoms with Gasteiger partial charge in [0.2, 0.25) is 0 Å². The van der Waals surface area contributed by atoms with Crippen molar-refractivity contribution in [3.05, 3.63) is 42.0 Å². The summed E-state index contributed by atoms with van der Waals surface area (Å²) in [5.41, 5.74) is 1.79. The third kappa shape index (κ3) is 3.21. The molecule has 1 aromatic carbocycles. The van der Waals surface area contributed by atoms with E-state index >= 15 is 0 Å². The van der Waals surface area contributed by atoms with Crippen LogP contribution in [0.3, 0.4) is 0 Å². The molecule has 2 rings (SSSR count). The van der Waals surface area contributed by atoms with Crippen molar-refractivity contribution < 1.29 is 9.53 Å². The van der Waals surface area contributed by atoms with E-state index in [4.69, 9.17) is 4.74 Å². The minimum absolute atomic E-state index is 0.0963. The Kier molecular flexibility index (Phi) is 4.17. The van der Waals surface area contributed by atoms with Crippen molar-refractivity contribution in [3.63, 3.8) is 0 Å². The van der Waals surface area contributed by atoms with Crippen LogP contribution in [0.4, 0.5) is 4.79 Å². The van der Waals surface area contributed by atoms with Gasteiger partial charge in [-0.1, -0.05) is 36.9 Å². The summed E-state index contributed by atoms with van der Waals surface area (Å²) >= 11 is 0. The van der Waals surface area contributed by atoms with Crippen LogP contribution in [0.15, 0.2) is 30.8 Å². The van der Waals surface area contributed by atoms with Gasteiger partial charge in [0.1, 0.15) is 5.60 Å². The summed E-state index contributed by atoms with van der Waals surface area (Å²) in [6.45, 7) is 10.3. The van der Waals surface area contributed by atoms with Crippen LogP contribution in [-0.4, -0.2) is 23.1 Å². The highest BCUT2D eigenvalue weighted by atomic mass is 16.6. The lowest BCUT2D eigenvalue weighted by Gasteiger charge is -2.29. The van der Waals surface area contributed by atoms with E-state index in [-0.39, 0.29) is 12.1 Å². The standard InChI is InChI=1S/C17H23NO2/c1-5-13-9-6-7-10-14(13)15-11-8-12-18(15)16(19)20-17(2,3)4/h5-7,9-10,15H,1,8,11-12H2,2-4H3/t15-/m0/s1. The van der Waals surface area contributed by atoms with Gasteiger partial charge in [-0.2, -0.15) is 0 Å². The molecule has 0 saturated carbocycles. The van der Waals surface area contributed by atoms with Gasteiger partial charge in [-0.15, -0.1) is 0 Å². The van der Waals surface area contributed by atoms with Gasteiger partial charge in [-0.25, -0.2) is 4.79 Å². The Morgan fingerprint density at radius 3 is 2.75 bits per heavy atom. The van der Waals surface area contributed by atoms with E-state index in [9.17, 15) is 4.79 Å². The molecule has 1 saturated heterocycles. The van der Waals surface area contributed by atoms with Gasteiger partial charge in [0.05, 0.1) is 6.04 Å². The second-order valence-electron chi connectivity index (χ2n) is 6.16. The molecule has 0 aromatic heterocycles. The van der Waals surface area contributed by atoms with Gasteiger partial charge in [-0.3, -0.25) is 0 Å². The van der Waals surface area contributed by atoms with Crippen LogP contribution in [0.2, 0.25) is 0 Å². The first kappa shape index (κ1) is 14.6. The normalized spacial score (nSPS) is 18.9. The number of hydrogen-bond donors (Lipinski definition) is 0. The number of benzene rings is 1. The molecule has 0 unspecified atom stereocenters. The number of ether oxygens (including phenoxy) is 1. The Labute approximate surface area is 121 Å². The summed E-state index contributed by atoms with van der Waals surface area (Å²) in [6.07, 6.45) is 3.61. The number of amides is 1. The first-order valence-corrected chi connectivity index (χ1v) is 7.13. The van der Waals surface area contributed by atoms with Crippen molar-refractivity contribution in [2.75, 3.05) is 6.54 Å². The van der Waals surface area contributed by atoms with Crippen LogP contribution in [0.1, 0.15) is 50.8 Å². The van der Waals surface area contributed by atoms with Crippen molar-refractivity contribution in [2.45, 2.75) is 45.3 Å². The fraction of sp³-hybridized carbons (Fsp3) is 0.471. The van der Waals surface area contributed by atoms with Crippen LogP contribution in [0, 0.1) is 0 Å². The summed E-state index contributed by atoms with van der Waals surface area (Å²) in [5, 5.41) is 0. The fourth-order valence-corrected chi connectivity index (χ4v) is 2.63. The van der Waals surface area contributed by atoms with Gasteiger partial charge in [0, 0.05) is 6.54 Å². The average Bonchev–Trinajstić information content (AvgIpc) is 2.85. The van der Waals surface area contributed by atoms with Gasteiger partial charge in [0.25, 0.3) is 0 Å². The predicted octanol–water partition coefficient (Wildman–Crippen LogP) is 4.40. The minimum atomic E-state index is -0.456. The number of rotatable bonds is 2. The van der Waals surface area contributed by atoms with Crippen LogP contribution < -0.4 is 0 Å². The molecule has 0 spiro atoms. The van der Waals surface area contributed by atoms with Gasteiger partial charge >= 0.3 is 6.09 Å². The molecule has 1 aromatic rings. The maximum Gasteiger partial charge on any atom is 0.410 e. The fourth-order valence-electron chi connectivity index (χ4n) is 2.63. The summed E-state index contributed by atoms with van der Waals surface area (Å²) < 4.78 is 5.51. The molecule has 1 fully saturated rings. The molecular weight excluding hydrogens is 250 g/mol. The smallest absolute Gasteiger partial charge is 0.410 e. The van der Waals surface area contributed by atoms with E-state index in [1.54, 1.807) is 0 Å². The highest BCUT2D eigenvalue weighted by Crippen LogP contribution is 2.35. The zero-order valence-electron chi connectivity index (χ0n) is 12.6. The third-order valence-corrected chi connectivity index (χ3v) is 3.46. The Morgan fingerprint density at radius 1 is 1.40 bits per heavy atom. The molecule has 1 amide bonds. The average molecular weight is 273 g/mol. The Balaban J connectivity index is 2.23. The maximum atomic E-state index is 12.3. The van der Waals surface area contributed by atoms with Crippen LogP contribution >= 0.6 is 0 Å². The largest absolute Gasteiger partial charge is 0.444 e. The summed E-state index contributed by atoms with van der Waals surface area (Å²) in [7, 11) is 0. The minimum Gasteiger partial charge on any atom is -0.444 e. The van der Waals surface area contributed by atoms with Crippen molar-refractivity contribution >= 4 is 12.2 Å². The third-order valence-electron chi connectivity index (χ3n) is 3.46. The van der Waals surface area contributed by atoms with E-state index in [2.05, 4.69) is 12.6 Å². The predicted molar refractivity (Wildman–Crippen MR) is 81.4 cm³/mol. The summed E-state index contributed by atoms with van der Waals surface area (Å²) in [4.78, 5) is 14.2. The molecule has 0 N–H and O–H groups in total. The lowest BCUT2D eigenvalue weighted by molar-refractivity contribution is 0.0224. The summed E-state index contributed by atoms with van der Waals surface area (Å²) in [6, 6.07) is 8.21. The SMILES string of the molecule is C=Cc1ccccc1[C@@H]1CCCN1C(=O)OC(C)(C)C. The highest BCUT2D eigenvalue weighted by Gasteiger charge is 2.33. The molecule has 0 bridgehead atoms. The van der Waals surface area contributed by atoms with E-state index in [0.29, 0.717) is 0 Å². The van der Waals surface area contributed by atoms with Crippen LogP contribution in [-0.2, 0) is 4.74 Å². The Bertz CT molecular complexity index is 502. The molecule has 20 heavy (non-hydrogen) atoms. The van der Waals surface area contributed by atoms with E-state index < -0.39 is 5.60 Å². The Hall–Kier alpha value is -1.77. The van der Waals surface area contributed by atoms with E-state index in [1.807, 2.05) is 49.9 Å². The molecular formula is C17H23NO2.